The van der Waals surface area contributed by atoms with Crippen LogP contribution in [-0.2, 0) is 17.8 Å². The fraction of sp³-hybridized carbons (Fsp3) is 0.478. The van der Waals surface area contributed by atoms with E-state index < -0.39 is 5.91 Å². The zero-order valence-corrected chi connectivity index (χ0v) is 18.5. The number of hydrogen-bond donors (Lipinski definition) is 2. The molecule has 0 radical (unpaired) electrons. The highest BCUT2D eigenvalue weighted by atomic mass is 16.5. The van der Waals surface area contributed by atoms with E-state index in [0.717, 1.165) is 68.0 Å². The van der Waals surface area contributed by atoms with Gasteiger partial charge in [-0.3, -0.25) is 10.0 Å². The predicted octanol–water partition coefficient (Wildman–Crippen LogP) is 2.74. The number of aromatic nitrogens is 2. The third-order valence-electron chi connectivity index (χ3n) is 5.04. The summed E-state index contributed by atoms with van der Waals surface area (Å²) in [5.74, 6) is 3.58. The smallest absolute Gasteiger partial charge is 0.267 e. The second-order valence-electron chi connectivity index (χ2n) is 7.08. The molecule has 0 unspecified atom stereocenters. The normalized spacial score (nSPS) is 11.1. The summed E-state index contributed by atoms with van der Waals surface area (Å²) in [4.78, 5) is 20.6. The topological polar surface area (TPSA) is 73.6 Å². The molecular weight excluding hydrogens is 378 g/mol. The lowest BCUT2D eigenvalue weighted by atomic mass is 10.2. The average molecular weight is 412 g/mol. The van der Waals surface area contributed by atoms with Crippen LogP contribution in [0.15, 0.2) is 24.3 Å². The SMILES string of the molecule is CCC#CN(C)CCc1nc2cc(/C=C/C(=O)NO)ccc2n1CCN(CC)CC. The number of nitrogens with one attached hydrogen (secondary N) is 1. The summed E-state index contributed by atoms with van der Waals surface area (Å²) in [6, 6.07) is 9.11. The number of carbonyl (C=O) groups excluding carboxylic acids is 1. The zero-order valence-electron chi connectivity index (χ0n) is 18.5. The van der Waals surface area contributed by atoms with E-state index in [1.54, 1.807) is 11.6 Å². The van der Waals surface area contributed by atoms with Gasteiger partial charge in [0.15, 0.2) is 0 Å². The van der Waals surface area contributed by atoms with Gasteiger partial charge in [0.2, 0.25) is 0 Å². The van der Waals surface area contributed by atoms with Crippen molar-refractivity contribution in [2.75, 3.05) is 33.2 Å². The van der Waals surface area contributed by atoms with Crippen LogP contribution in [0.4, 0.5) is 0 Å². The number of imidazole rings is 1. The van der Waals surface area contributed by atoms with Gasteiger partial charge in [0, 0.05) is 51.6 Å². The Kier molecular flexibility index (Phi) is 9.39. The molecule has 0 aliphatic rings. The molecule has 0 atom stereocenters. The molecule has 0 bridgehead atoms. The maximum absolute atomic E-state index is 11.2. The summed E-state index contributed by atoms with van der Waals surface area (Å²) in [5.41, 5.74) is 4.45. The van der Waals surface area contributed by atoms with Crippen molar-refractivity contribution in [3.63, 3.8) is 0 Å². The highest BCUT2D eigenvalue weighted by Crippen LogP contribution is 2.20. The van der Waals surface area contributed by atoms with E-state index in [-0.39, 0.29) is 0 Å². The molecule has 0 spiro atoms. The Morgan fingerprint density at radius 2 is 2.03 bits per heavy atom. The van der Waals surface area contributed by atoms with E-state index in [1.807, 2.05) is 37.1 Å². The number of likely N-dealkylation sites (N-methyl/N-ethyl adjacent to an activating group) is 2. The molecule has 1 aromatic carbocycles. The van der Waals surface area contributed by atoms with Crippen molar-refractivity contribution in [3.8, 4) is 12.0 Å². The minimum absolute atomic E-state index is 0.559. The van der Waals surface area contributed by atoms with Gasteiger partial charge in [-0.1, -0.05) is 32.8 Å². The van der Waals surface area contributed by atoms with Crippen LogP contribution in [0.25, 0.3) is 17.1 Å². The molecule has 2 N–H and O–H groups in total. The minimum atomic E-state index is -0.559. The van der Waals surface area contributed by atoms with Crippen molar-refractivity contribution in [2.24, 2.45) is 0 Å². The quantitative estimate of drug-likeness (QED) is 0.207. The number of amides is 1. The third-order valence-corrected chi connectivity index (χ3v) is 5.04. The Morgan fingerprint density at radius 1 is 1.27 bits per heavy atom. The van der Waals surface area contributed by atoms with Gasteiger partial charge in [-0.25, -0.2) is 10.5 Å². The molecule has 7 heteroatoms. The Labute approximate surface area is 179 Å². The lowest BCUT2D eigenvalue weighted by Gasteiger charge is -2.19. The first-order valence-corrected chi connectivity index (χ1v) is 10.6. The van der Waals surface area contributed by atoms with Crippen LogP contribution in [-0.4, -0.2) is 63.7 Å². The first-order chi connectivity index (χ1) is 14.5. The van der Waals surface area contributed by atoms with Gasteiger partial charge in [-0.2, -0.15) is 0 Å². The molecule has 1 heterocycles. The number of rotatable bonds is 10. The van der Waals surface area contributed by atoms with Crippen molar-refractivity contribution in [3.05, 3.63) is 35.7 Å². The van der Waals surface area contributed by atoms with Crippen molar-refractivity contribution in [2.45, 2.75) is 40.2 Å². The Balaban J connectivity index is 2.31. The lowest BCUT2D eigenvalue weighted by molar-refractivity contribution is -0.124. The molecule has 0 aliphatic heterocycles. The summed E-state index contributed by atoms with van der Waals surface area (Å²) in [5, 5.41) is 8.64. The van der Waals surface area contributed by atoms with Crippen LogP contribution in [0.3, 0.4) is 0 Å². The standard InChI is InChI=1S/C23H33N5O2/c1-5-8-14-26(4)15-13-22-24-20-18-19(10-12-23(29)25-30)9-11-21(20)28(22)17-16-27(6-2)7-3/h9-12,18,30H,5-7,13,15-17H2,1-4H3,(H,25,29)/b12-10+. The maximum Gasteiger partial charge on any atom is 0.267 e. The molecule has 1 amide bonds. The first kappa shape index (κ1) is 23.5. The summed E-state index contributed by atoms with van der Waals surface area (Å²) in [7, 11) is 2.00. The molecule has 7 nitrogen and oxygen atoms in total. The van der Waals surface area contributed by atoms with Gasteiger partial charge in [0.05, 0.1) is 11.0 Å². The number of fused-ring (bicyclic) bond motifs is 1. The lowest BCUT2D eigenvalue weighted by Crippen LogP contribution is -2.28. The summed E-state index contributed by atoms with van der Waals surface area (Å²) >= 11 is 0. The number of nitrogens with zero attached hydrogens (tertiary/aromatic N) is 4. The highest BCUT2D eigenvalue weighted by molar-refractivity contribution is 5.91. The van der Waals surface area contributed by atoms with Crippen LogP contribution in [0, 0.1) is 12.0 Å². The fourth-order valence-electron chi connectivity index (χ4n) is 3.27. The van der Waals surface area contributed by atoms with E-state index in [4.69, 9.17) is 10.2 Å². The average Bonchev–Trinajstić information content (AvgIpc) is 3.11. The Hall–Kier alpha value is -2.82. The second kappa shape index (κ2) is 12.0. The van der Waals surface area contributed by atoms with Crippen molar-refractivity contribution in [1.82, 2.24) is 24.8 Å². The van der Waals surface area contributed by atoms with Gasteiger partial charge in [-0.15, -0.1) is 0 Å². The predicted molar refractivity (Wildman–Crippen MR) is 121 cm³/mol. The monoisotopic (exact) mass is 411 g/mol. The van der Waals surface area contributed by atoms with Gasteiger partial charge in [-0.05, 0) is 36.9 Å². The third kappa shape index (κ3) is 6.61. The minimum Gasteiger partial charge on any atom is -0.335 e. The second-order valence-corrected chi connectivity index (χ2v) is 7.08. The zero-order chi connectivity index (χ0) is 21.9. The number of carbonyl (C=O) groups is 1. The van der Waals surface area contributed by atoms with Crippen LogP contribution in [0.1, 0.15) is 38.6 Å². The van der Waals surface area contributed by atoms with Crippen molar-refractivity contribution in [1.29, 1.82) is 0 Å². The van der Waals surface area contributed by atoms with Crippen LogP contribution in [0.2, 0.25) is 0 Å². The van der Waals surface area contributed by atoms with E-state index in [1.165, 1.54) is 6.08 Å². The number of hydroxylamine groups is 1. The summed E-state index contributed by atoms with van der Waals surface area (Å²) in [6.45, 7) is 11.1. The fourth-order valence-corrected chi connectivity index (χ4v) is 3.27. The molecular formula is C23H33N5O2. The van der Waals surface area contributed by atoms with Crippen molar-refractivity contribution >= 4 is 23.0 Å². The van der Waals surface area contributed by atoms with Crippen LogP contribution < -0.4 is 5.48 Å². The van der Waals surface area contributed by atoms with Gasteiger partial charge >= 0.3 is 0 Å². The molecule has 1 aromatic heterocycles. The molecule has 0 fully saturated rings. The largest absolute Gasteiger partial charge is 0.335 e. The molecule has 0 saturated carbocycles. The Morgan fingerprint density at radius 3 is 2.70 bits per heavy atom. The van der Waals surface area contributed by atoms with Crippen LogP contribution >= 0.6 is 0 Å². The first-order valence-electron chi connectivity index (χ1n) is 10.6. The highest BCUT2D eigenvalue weighted by Gasteiger charge is 2.12. The van der Waals surface area contributed by atoms with E-state index in [9.17, 15) is 4.79 Å². The molecule has 0 saturated heterocycles. The number of benzene rings is 1. The Bertz CT molecular complexity index is 919. The maximum atomic E-state index is 11.2. The van der Waals surface area contributed by atoms with Crippen molar-refractivity contribution < 1.29 is 10.0 Å². The molecule has 30 heavy (non-hydrogen) atoms. The van der Waals surface area contributed by atoms with Gasteiger partial charge in [0.1, 0.15) is 5.82 Å². The summed E-state index contributed by atoms with van der Waals surface area (Å²) < 4.78 is 2.29. The molecule has 162 valence electrons. The number of hydrogen-bond acceptors (Lipinski definition) is 5. The molecule has 2 aromatic rings. The van der Waals surface area contributed by atoms with Crippen LogP contribution in [0.5, 0.6) is 0 Å². The molecule has 2 rings (SSSR count). The molecule has 0 aliphatic carbocycles. The van der Waals surface area contributed by atoms with E-state index in [0.29, 0.717) is 0 Å². The van der Waals surface area contributed by atoms with E-state index in [2.05, 4.69) is 35.3 Å². The van der Waals surface area contributed by atoms with Gasteiger partial charge in [0.25, 0.3) is 5.91 Å². The van der Waals surface area contributed by atoms with E-state index >= 15 is 0 Å². The van der Waals surface area contributed by atoms with Gasteiger partial charge < -0.3 is 14.4 Å². The summed E-state index contributed by atoms with van der Waals surface area (Å²) in [6.07, 6.45) is 4.60.